The van der Waals surface area contributed by atoms with Gasteiger partial charge in [0.1, 0.15) is 6.07 Å². The first-order valence-electron chi connectivity index (χ1n) is 6.33. The van der Waals surface area contributed by atoms with Crippen molar-refractivity contribution in [3.8, 4) is 17.3 Å². The molecular weight excluding hydrogens is 270 g/mol. The highest BCUT2D eigenvalue weighted by Crippen LogP contribution is 2.22. The molecule has 1 heterocycles. The molecule has 2 N–H and O–H groups in total. The topological polar surface area (TPSA) is 62.7 Å². The Kier molecular flexibility index (Phi) is 5.69. The van der Waals surface area contributed by atoms with Crippen LogP contribution < -0.4 is 5.73 Å². The van der Waals surface area contributed by atoms with E-state index in [1.54, 1.807) is 0 Å². The highest BCUT2D eigenvalue weighted by atomic mass is 35.5. The van der Waals surface area contributed by atoms with Crippen molar-refractivity contribution >= 4 is 12.4 Å². The van der Waals surface area contributed by atoms with Gasteiger partial charge in [0, 0.05) is 5.56 Å². The van der Waals surface area contributed by atoms with Crippen molar-refractivity contribution in [1.29, 1.82) is 5.26 Å². The van der Waals surface area contributed by atoms with E-state index in [0.717, 1.165) is 28.9 Å². The average Bonchev–Trinajstić information content (AvgIpc) is 2.39. The number of halogens is 1. The predicted octanol–water partition coefficient (Wildman–Crippen LogP) is 3.16. The number of pyridine rings is 1. The van der Waals surface area contributed by atoms with Crippen molar-refractivity contribution in [3.05, 3.63) is 52.7 Å². The van der Waals surface area contributed by atoms with E-state index in [9.17, 15) is 0 Å². The maximum atomic E-state index is 9.05. The first-order chi connectivity index (χ1) is 9.15. The fourth-order valence-electron chi connectivity index (χ4n) is 2.16. The summed E-state index contributed by atoms with van der Waals surface area (Å²) >= 11 is 0. The van der Waals surface area contributed by atoms with E-state index in [1.165, 1.54) is 5.56 Å². The summed E-state index contributed by atoms with van der Waals surface area (Å²) < 4.78 is 0. The summed E-state index contributed by atoms with van der Waals surface area (Å²) in [6.45, 7) is 4.48. The van der Waals surface area contributed by atoms with Crippen LogP contribution in [0, 0.1) is 25.2 Å². The van der Waals surface area contributed by atoms with Crippen LogP contribution in [0.3, 0.4) is 0 Å². The lowest BCUT2D eigenvalue weighted by Crippen LogP contribution is -2.02. The lowest BCUT2D eigenvalue weighted by Gasteiger charge is -2.07. The van der Waals surface area contributed by atoms with Gasteiger partial charge in [-0.15, -0.1) is 12.4 Å². The quantitative estimate of drug-likeness (QED) is 0.943. The van der Waals surface area contributed by atoms with Crippen molar-refractivity contribution in [2.45, 2.75) is 20.3 Å². The lowest BCUT2D eigenvalue weighted by atomic mass is 10.0. The Morgan fingerprint density at radius 1 is 1.20 bits per heavy atom. The fourth-order valence-corrected chi connectivity index (χ4v) is 2.16. The van der Waals surface area contributed by atoms with Crippen molar-refractivity contribution < 1.29 is 0 Å². The van der Waals surface area contributed by atoms with E-state index in [1.807, 2.05) is 19.9 Å². The summed E-state index contributed by atoms with van der Waals surface area (Å²) in [6, 6.07) is 12.4. The Morgan fingerprint density at radius 2 is 1.85 bits per heavy atom. The molecule has 0 spiro atoms. The summed E-state index contributed by atoms with van der Waals surface area (Å²) in [4.78, 5) is 4.50. The van der Waals surface area contributed by atoms with Crippen molar-refractivity contribution in [3.63, 3.8) is 0 Å². The molecule has 0 fully saturated rings. The molecule has 0 radical (unpaired) electrons. The Labute approximate surface area is 125 Å². The largest absolute Gasteiger partial charge is 0.330 e. The molecule has 0 aliphatic heterocycles. The summed E-state index contributed by atoms with van der Waals surface area (Å²) in [5.41, 5.74) is 11.2. The van der Waals surface area contributed by atoms with Crippen molar-refractivity contribution in [2.24, 2.45) is 5.73 Å². The van der Waals surface area contributed by atoms with Crippen LogP contribution in [-0.2, 0) is 6.42 Å². The molecule has 104 valence electrons. The van der Waals surface area contributed by atoms with Gasteiger partial charge in [0.2, 0.25) is 0 Å². The number of aromatic nitrogens is 1. The number of rotatable bonds is 3. The first-order valence-corrected chi connectivity index (χ1v) is 6.33. The molecule has 3 nitrogen and oxygen atoms in total. The Bertz CT molecular complexity index is 604. The highest BCUT2D eigenvalue weighted by molar-refractivity contribution is 5.85. The maximum Gasteiger partial charge on any atom is 0.101 e. The Morgan fingerprint density at radius 3 is 2.35 bits per heavy atom. The molecule has 0 bridgehead atoms. The molecular formula is C16H18ClN3. The normalized spacial score (nSPS) is 9.70. The van der Waals surface area contributed by atoms with Gasteiger partial charge in [0.25, 0.3) is 0 Å². The minimum absolute atomic E-state index is 0. The standard InChI is InChI=1S/C16H17N3.ClH/c1-11-9-16(19-12(2)15(11)10-18)14-5-3-13(4-6-14)7-8-17;/h3-6,9H,7-8,17H2,1-2H3;1H. The minimum atomic E-state index is 0. The number of aryl methyl sites for hydroxylation is 2. The summed E-state index contributed by atoms with van der Waals surface area (Å²) in [6.07, 6.45) is 0.888. The Hall–Kier alpha value is -1.89. The predicted molar refractivity (Wildman–Crippen MR) is 83.9 cm³/mol. The van der Waals surface area contributed by atoms with Gasteiger partial charge in [-0.25, -0.2) is 0 Å². The van der Waals surface area contributed by atoms with Crippen LogP contribution in [0.1, 0.15) is 22.4 Å². The van der Waals surface area contributed by atoms with Gasteiger partial charge in [-0.05, 0) is 44.0 Å². The number of nitrogens with two attached hydrogens (primary N) is 1. The van der Waals surface area contributed by atoms with E-state index < -0.39 is 0 Å². The third-order valence-electron chi connectivity index (χ3n) is 3.19. The number of hydrogen-bond acceptors (Lipinski definition) is 3. The second-order valence-electron chi connectivity index (χ2n) is 4.63. The molecule has 2 aromatic rings. The maximum absolute atomic E-state index is 9.05. The number of benzene rings is 1. The second kappa shape index (κ2) is 7.04. The molecule has 4 heteroatoms. The van der Waals surface area contributed by atoms with Crippen LogP contribution in [0.2, 0.25) is 0 Å². The molecule has 0 atom stereocenters. The van der Waals surface area contributed by atoms with Crippen LogP contribution in [0.4, 0.5) is 0 Å². The molecule has 1 aromatic carbocycles. The second-order valence-corrected chi connectivity index (χ2v) is 4.63. The molecule has 1 aromatic heterocycles. The van der Waals surface area contributed by atoms with Crippen LogP contribution in [-0.4, -0.2) is 11.5 Å². The smallest absolute Gasteiger partial charge is 0.101 e. The van der Waals surface area contributed by atoms with Gasteiger partial charge < -0.3 is 5.73 Å². The number of hydrogen-bond donors (Lipinski definition) is 1. The average molecular weight is 288 g/mol. The Balaban J connectivity index is 0.00000200. The van der Waals surface area contributed by atoms with Gasteiger partial charge in [-0.1, -0.05) is 24.3 Å². The molecule has 0 aliphatic carbocycles. The van der Waals surface area contributed by atoms with Gasteiger partial charge in [-0.2, -0.15) is 5.26 Å². The fraction of sp³-hybridized carbons (Fsp3) is 0.250. The van der Waals surface area contributed by atoms with Gasteiger partial charge in [0.05, 0.1) is 17.0 Å². The van der Waals surface area contributed by atoms with Crippen LogP contribution >= 0.6 is 12.4 Å². The van der Waals surface area contributed by atoms with E-state index in [-0.39, 0.29) is 12.4 Å². The lowest BCUT2D eigenvalue weighted by molar-refractivity contribution is 0.969. The van der Waals surface area contributed by atoms with Crippen LogP contribution in [0.5, 0.6) is 0 Å². The highest BCUT2D eigenvalue weighted by Gasteiger charge is 2.07. The van der Waals surface area contributed by atoms with E-state index in [2.05, 4.69) is 35.3 Å². The zero-order valence-electron chi connectivity index (χ0n) is 11.7. The van der Waals surface area contributed by atoms with E-state index in [0.29, 0.717) is 12.1 Å². The third kappa shape index (κ3) is 3.36. The molecule has 0 unspecified atom stereocenters. The molecule has 0 amide bonds. The third-order valence-corrected chi connectivity index (χ3v) is 3.19. The van der Waals surface area contributed by atoms with Crippen molar-refractivity contribution in [2.75, 3.05) is 6.54 Å². The first kappa shape index (κ1) is 16.2. The van der Waals surface area contributed by atoms with Gasteiger partial charge >= 0.3 is 0 Å². The summed E-state index contributed by atoms with van der Waals surface area (Å²) in [5, 5.41) is 9.05. The van der Waals surface area contributed by atoms with E-state index in [4.69, 9.17) is 11.0 Å². The summed E-state index contributed by atoms with van der Waals surface area (Å²) in [5.74, 6) is 0. The molecule has 0 saturated carbocycles. The zero-order chi connectivity index (χ0) is 13.8. The zero-order valence-corrected chi connectivity index (χ0v) is 12.5. The minimum Gasteiger partial charge on any atom is -0.330 e. The van der Waals surface area contributed by atoms with Gasteiger partial charge in [0.15, 0.2) is 0 Å². The number of nitrogens with zero attached hydrogens (tertiary/aromatic N) is 2. The summed E-state index contributed by atoms with van der Waals surface area (Å²) in [7, 11) is 0. The SMILES string of the molecule is Cc1cc(-c2ccc(CCN)cc2)nc(C)c1C#N.Cl. The van der Waals surface area contributed by atoms with Crippen LogP contribution in [0.25, 0.3) is 11.3 Å². The number of nitriles is 1. The van der Waals surface area contributed by atoms with Gasteiger partial charge in [-0.3, -0.25) is 4.98 Å². The van der Waals surface area contributed by atoms with Crippen molar-refractivity contribution in [1.82, 2.24) is 4.98 Å². The molecule has 20 heavy (non-hydrogen) atoms. The van der Waals surface area contributed by atoms with Crippen LogP contribution in [0.15, 0.2) is 30.3 Å². The molecule has 0 saturated heterocycles. The molecule has 0 aliphatic rings. The molecule has 2 rings (SSSR count). The monoisotopic (exact) mass is 287 g/mol. The van der Waals surface area contributed by atoms with E-state index >= 15 is 0 Å².